The molecular weight excluding hydrogens is 321 g/mol. The van der Waals surface area contributed by atoms with Gasteiger partial charge >= 0.3 is 0 Å². The lowest BCUT2D eigenvalue weighted by Crippen LogP contribution is -1.91. The van der Waals surface area contributed by atoms with E-state index < -0.39 is 0 Å². The molecule has 22 heavy (non-hydrogen) atoms. The van der Waals surface area contributed by atoms with Crippen LogP contribution in [0, 0.1) is 0 Å². The lowest BCUT2D eigenvalue weighted by Gasteiger charge is -2.11. The van der Waals surface area contributed by atoms with Crippen LogP contribution in [0.3, 0.4) is 0 Å². The highest BCUT2D eigenvalue weighted by Crippen LogP contribution is 2.39. The van der Waals surface area contributed by atoms with E-state index in [1.807, 2.05) is 42.5 Å². The van der Waals surface area contributed by atoms with Crippen molar-refractivity contribution in [2.24, 2.45) is 0 Å². The van der Waals surface area contributed by atoms with Crippen LogP contribution in [0.2, 0.25) is 10.2 Å². The number of pyridine rings is 1. The third kappa shape index (κ3) is 2.58. The minimum atomic E-state index is 0.368. The van der Waals surface area contributed by atoms with Crippen molar-refractivity contribution in [2.45, 2.75) is 0 Å². The van der Waals surface area contributed by atoms with Crippen molar-refractivity contribution in [3.05, 3.63) is 52.6 Å². The van der Waals surface area contributed by atoms with E-state index in [0.29, 0.717) is 15.7 Å². The zero-order valence-electron chi connectivity index (χ0n) is 12.1. The molecule has 0 aliphatic carbocycles. The Bertz CT molecular complexity index is 832. The first-order valence-electron chi connectivity index (χ1n) is 6.61. The second-order valence-corrected chi connectivity index (χ2v) is 5.44. The molecule has 0 N–H and O–H groups in total. The van der Waals surface area contributed by atoms with Crippen LogP contribution in [0.5, 0.6) is 11.5 Å². The van der Waals surface area contributed by atoms with Crippen molar-refractivity contribution < 1.29 is 9.47 Å². The number of methoxy groups -OCH3 is 2. The van der Waals surface area contributed by atoms with E-state index in [4.69, 9.17) is 32.7 Å². The van der Waals surface area contributed by atoms with Gasteiger partial charge in [-0.1, -0.05) is 35.3 Å². The van der Waals surface area contributed by atoms with Gasteiger partial charge in [0.05, 0.1) is 24.8 Å². The molecule has 0 bridgehead atoms. The van der Waals surface area contributed by atoms with Crippen LogP contribution in [0.4, 0.5) is 0 Å². The average molecular weight is 334 g/mol. The molecule has 112 valence electrons. The number of rotatable bonds is 3. The number of aromatic nitrogens is 1. The first-order chi connectivity index (χ1) is 10.6. The Morgan fingerprint density at radius 3 is 2.14 bits per heavy atom. The molecule has 3 nitrogen and oxygen atoms in total. The second-order valence-electron chi connectivity index (χ2n) is 4.70. The predicted octanol–water partition coefficient (Wildman–Crippen LogP) is 5.23. The highest BCUT2D eigenvalue weighted by atomic mass is 35.5. The molecule has 3 rings (SSSR count). The zero-order chi connectivity index (χ0) is 15.7. The first-order valence-corrected chi connectivity index (χ1v) is 7.37. The van der Waals surface area contributed by atoms with Gasteiger partial charge in [0.1, 0.15) is 16.7 Å². The number of fused-ring (bicyclic) bond motifs is 1. The summed E-state index contributed by atoms with van der Waals surface area (Å²) in [5.74, 6) is 1.49. The van der Waals surface area contributed by atoms with Crippen LogP contribution >= 0.6 is 23.2 Å². The normalized spacial score (nSPS) is 10.7. The molecule has 1 aromatic heterocycles. The van der Waals surface area contributed by atoms with Gasteiger partial charge in [-0.15, -0.1) is 0 Å². The van der Waals surface area contributed by atoms with Gasteiger partial charge in [-0.2, -0.15) is 0 Å². The lowest BCUT2D eigenvalue weighted by atomic mass is 10.0. The predicted molar refractivity (Wildman–Crippen MR) is 90.3 cm³/mol. The molecule has 5 heteroatoms. The van der Waals surface area contributed by atoms with E-state index in [9.17, 15) is 0 Å². The Kier molecular flexibility index (Phi) is 4.10. The van der Waals surface area contributed by atoms with Gasteiger partial charge in [-0.05, 0) is 35.9 Å². The molecular formula is C17H13Cl2NO2. The standard InChI is InChI=1S/C17H13Cl2NO2/c1-21-11-5-3-10(4-6-11)15-16(18)13-9-12(22-2)7-8-14(13)20-17(15)19/h3-9H,1-2H3. The summed E-state index contributed by atoms with van der Waals surface area (Å²) in [4.78, 5) is 4.42. The lowest BCUT2D eigenvalue weighted by molar-refractivity contribution is 0.415. The summed E-state index contributed by atoms with van der Waals surface area (Å²) >= 11 is 12.9. The molecule has 1 heterocycles. The minimum Gasteiger partial charge on any atom is -0.497 e. The number of hydrogen-bond donors (Lipinski definition) is 0. The fourth-order valence-electron chi connectivity index (χ4n) is 2.31. The van der Waals surface area contributed by atoms with E-state index in [0.717, 1.165) is 28.0 Å². The third-order valence-electron chi connectivity index (χ3n) is 3.46. The van der Waals surface area contributed by atoms with Crippen LogP contribution in [0.15, 0.2) is 42.5 Å². The summed E-state index contributed by atoms with van der Waals surface area (Å²) in [5, 5.41) is 1.73. The van der Waals surface area contributed by atoms with E-state index in [2.05, 4.69) is 4.98 Å². The molecule has 0 aliphatic rings. The highest BCUT2D eigenvalue weighted by molar-refractivity contribution is 6.42. The summed E-state index contributed by atoms with van der Waals surface area (Å²) in [7, 11) is 3.24. The molecule has 0 spiro atoms. The van der Waals surface area contributed by atoms with Gasteiger partial charge in [-0.3, -0.25) is 0 Å². The Labute approximate surface area is 138 Å². The molecule has 0 radical (unpaired) electrons. The van der Waals surface area contributed by atoms with Gasteiger partial charge < -0.3 is 9.47 Å². The molecule has 3 aromatic rings. The largest absolute Gasteiger partial charge is 0.497 e. The molecule has 0 aliphatic heterocycles. The van der Waals surface area contributed by atoms with E-state index in [-0.39, 0.29) is 0 Å². The van der Waals surface area contributed by atoms with E-state index >= 15 is 0 Å². The number of halogens is 2. The van der Waals surface area contributed by atoms with Gasteiger partial charge in [0.15, 0.2) is 0 Å². The quantitative estimate of drug-likeness (QED) is 0.615. The maximum absolute atomic E-state index is 6.57. The number of nitrogens with zero attached hydrogens (tertiary/aromatic N) is 1. The molecule has 2 aromatic carbocycles. The van der Waals surface area contributed by atoms with Crippen LogP contribution in [0.25, 0.3) is 22.0 Å². The van der Waals surface area contributed by atoms with Crippen molar-refractivity contribution in [2.75, 3.05) is 14.2 Å². The summed E-state index contributed by atoms with van der Waals surface area (Å²) in [5.41, 5.74) is 2.31. The minimum absolute atomic E-state index is 0.368. The first kappa shape index (κ1) is 14.9. The van der Waals surface area contributed by atoms with Crippen molar-refractivity contribution >= 4 is 34.1 Å². The maximum atomic E-state index is 6.57. The van der Waals surface area contributed by atoms with Crippen LogP contribution in [-0.4, -0.2) is 19.2 Å². The van der Waals surface area contributed by atoms with Crippen LogP contribution in [-0.2, 0) is 0 Å². The molecule has 0 amide bonds. The molecule has 0 saturated heterocycles. The van der Waals surface area contributed by atoms with Gasteiger partial charge in [0.25, 0.3) is 0 Å². The van der Waals surface area contributed by atoms with Crippen molar-refractivity contribution in [1.82, 2.24) is 4.98 Å². The fourth-order valence-corrected chi connectivity index (χ4v) is 3.00. The summed E-state index contributed by atoms with van der Waals surface area (Å²) < 4.78 is 10.4. The summed E-state index contributed by atoms with van der Waals surface area (Å²) in [6, 6.07) is 13.0. The monoisotopic (exact) mass is 333 g/mol. The number of hydrogen-bond acceptors (Lipinski definition) is 3. The van der Waals surface area contributed by atoms with Gasteiger partial charge in [0.2, 0.25) is 0 Å². The summed E-state index contributed by atoms with van der Waals surface area (Å²) in [6.07, 6.45) is 0. The molecule has 0 saturated carbocycles. The Balaban J connectivity index is 2.23. The molecule has 0 fully saturated rings. The summed E-state index contributed by atoms with van der Waals surface area (Å²) in [6.45, 7) is 0. The van der Waals surface area contributed by atoms with E-state index in [1.165, 1.54) is 0 Å². The Morgan fingerprint density at radius 2 is 1.50 bits per heavy atom. The smallest absolute Gasteiger partial charge is 0.139 e. The Hall–Kier alpha value is -1.97. The van der Waals surface area contributed by atoms with Crippen molar-refractivity contribution in [1.29, 1.82) is 0 Å². The van der Waals surface area contributed by atoms with Gasteiger partial charge in [0, 0.05) is 10.9 Å². The van der Waals surface area contributed by atoms with Crippen molar-refractivity contribution in [3.8, 4) is 22.6 Å². The van der Waals surface area contributed by atoms with Crippen molar-refractivity contribution in [3.63, 3.8) is 0 Å². The zero-order valence-corrected chi connectivity index (χ0v) is 13.6. The molecule has 0 atom stereocenters. The van der Waals surface area contributed by atoms with E-state index in [1.54, 1.807) is 14.2 Å². The highest BCUT2D eigenvalue weighted by Gasteiger charge is 2.15. The second kappa shape index (κ2) is 6.03. The van der Waals surface area contributed by atoms with Crippen LogP contribution < -0.4 is 9.47 Å². The maximum Gasteiger partial charge on any atom is 0.139 e. The SMILES string of the molecule is COc1ccc(-c2c(Cl)nc3ccc(OC)cc3c2Cl)cc1. The number of ether oxygens (including phenoxy) is 2. The van der Waals surface area contributed by atoms with Gasteiger partial charge in [-0.25, -0.2) is 4.98 Å². The van der Waals surface area contributed by atoms with Crippen LogP contribution in [0.1, 0.15) is 0 Å². The Morgan fingerprint density at radius 1 is 0.864 bits per heavy atom. The topological polar surface area (TPSA) is 31.4 Å². The molecule has 0 unspecified atom stereocenters. The average Bonchev–Trinajstić information content (AvgIpc) is 2.55. The fraction of sp³-hybridized carbons (Fsp3) is 0.118. The number of benzene rings is 2. The third-order valence-corrected chi connectivity index (χ3v) is 4.13.